The van der Waals surface area contributed by atoms with Crippen molar-refractivity contribution in [1.29, 1.82) is 0 Å². The van der Waals surface area contributed by atoms with E-state index < -0.39 is 0 Å². The Morgan fingerprint density at radius 2 is 2.19 bits per heavy atom. The van der Waals surface area contributed by atoms with Gasteiger partial charge < -0.3 is 10.5 Å². The van der Waals surface area contributed by atoms with Crippen LogP contribution in [0.4, 0.5) is 5.82 Å². The summed E-state index contributed by atoms with van der Waals surface area (Å²) in [5, 5.41) is 2.02. The quantitative estimate of drug-likeness (QED) is 0.886. The molecular formula is C11H13N3OS. The van der Waals surface area contributed by atoms with Crippen molar-refractivity contribution in [3.8, 4) is 5.88 Å². The zero-order chi connectivity index (χ0) is 11.5. The highest BCUT2D eigenvalue weighted by Gasteiger charge is 2.08. The van der Waals surface area contributed by atoms with Crippen LogP contribution in [-0.4, -0.2) is 9.97 Å². The fourth-order valence-electron chi connectivity index (χ4n) is 1.30. The van der Waals surface area contributed by atoms with Gasteiger partial charge >= 0.3 is 0 Å². The molecule has 0 atom stereocenters. The zero-order valence-corrected chi connectivity index (χ0v) is 10.0. The van der Waals surface area contributed by atoms with Gasteiger partial charge in [0.05, 0.1) is 5.56 Å². The Hall–Kier alpha value is -1.62. The highest BCUT2D eigenvalue weighted by atomic mass is 32.1. The molecular weight excluding hydrogens is 222 g/mol. The minimum atomic E-state index is 0.480. The molecule has 0 spiro atoms. The highest BCUT2D eigenvalue weighted by molar-refractivity contribution is 7.09. The lowest BCUT2D eigenvalue weighted by Gasteiger charge is -2.09. The van der Waals surface area contributed by atoms with E-state index >= 15 is 0 Å². The molecule has 0 bridgehead atoms. The summed E-state index contributed by atoms with van der Waals surface area (Å²) in [6, 6.07) is 4.02. The van der Waals surface area contributed by atoms with Gasteiger partial charge in [-0.1, -0.05) is 6.07 Å². The van der Waals surface area contributed by atoms with Crippen LogP contribution in [0, 0.1) is 13.8 Å². The first-order valence-electron chi connectivity index (χ1n) is 4.92. The minimum absolute atomic E-state index is 0.480. The molecule has 0 saturated carbocycles. The van der Waals surface area contributed by atoms with Crippen LogP contribution in [0.25, 0.3) is 0 Å². The molecule has 0 unspecified atom stereocenters. The monoisotopic (exact) mass is 235 g/mol. The van der Waals surface area contributed by atoms with E-state index in [1.165, 1.54) is 0 Å². The highest BCUT2D eigenvalue weighted by Crippen LogP contribution is 2.21. The van der Waals surface area contributed by atoms with E-state index in [0.717, 1.165) is 10.4 Å². The fourth-order valence-corrected chi connectivity index (χ4v) is 1.91. The Kier molecular flexibility index (Phi) is 3.05. The van der Waals surface area contributed by atoms with E-state index in [1.54, 1.807) is 18.3 Å². The van der Waals surface area contributed by atoms with Gasteiger partial charge in [-0.3, -0.25) is 0 Å². The number of nitrogens with two attached hydrogens (primary N) is 1. The molecule has 0 aliphatic carbocycles. The number of hydrogen-bond donors (Lipinski definition) is 1. The van der Waals surface area contributed by atoms with Gasteiger partial charge in [0.15, 0.2) is 0 Å². The Bertz CT molecular complexity index is 482. The number of aromatic nitrogens is 2. The predicted octanol–water partition coefficient (Wildman–Crippen LogP) is 2.32. The molecule has 2 aromatic rings. The van der Waals surface area contributed by atoms with Crippen LogP contribution in [0.1, 0.15) is 16.3 Å². The van der Waals surface area contributed by atoms with Gasteiger partial charge in [-0.05, 0) is 25.3 Å². The van der Waals surface area contributed by atoms with E-state index in [4.69, 9.17) is 10.5 Å². The Labute approximate surface area is 98.1 Å². The molecule has 2 rings (SSSR count). The molecule has 16 heavy (non-hydrogen) atoms. The molecule has 0 aliphatic rings. The lowest BCUT2D eigenvalue weighted by Crippen LogP contribution is -2.04. The summed E-state index contributed by atoms with van der Waals surface area (Å²) >= 11 is 1.66. The average Bonchev–Trinajstić information content (AvgIpc) is 2.74. The van der Waals surface area contributed by atoms with Gasteiger partial charge in [-0.2, -0.15) is 4.98 Å². The number of thiophene rings is 1. The van der Waals surface area contributed by atoms with Gasteiger partial charge in [0.1, 0.15) is 18.2 Å². The van der Waals surface area contributed by atoms with Crippen LogP contribution in [0.2, 0.25) is 0 Å². The second kappa shape index (κ2) is 4.49. The lowest BCUT2D eigenvalue weighted by atomic mass is 10.3. The van der Waals surface area contributed by atoms with Gasteiger partial charge in [-0.15, -0.1) is 11.3 Å². The fraction of sp³-hybridized carbons (Fsp3) is 0.273. The first-order valence-corrected chi connectivity index (χ1v) is 5.80. The smallest absolute Gasteiger partial charge is 0.222 e. The average molecular weight is 235 g/mol. The van der Waals surface area contributed by atoms with Gasteiger partial charge in [0, 0.05) is 4.88 Å². The molecule has 0 aliphatic heterocycles. The van der Waals surface area contributed by atoms with E-state index in [2.05, 4.69) is 9.97 Å². The number of ether oxygens (including phenoxy) is 1. The number of aryl methyl sites for hydroxylation is 1. The van der Waals surface area contributed by atoms with Crippen LogP contribution in [0.5, 0.6) is 5.88 Å². The maximum Gasteiger partial charge on any atom is 0.222 e. The van der Waals surface area contributed by atoms with Crippen LogP contribution < -0.4 is 10.5 Å². The minimum Gasteiger partial charge on any atom is -0.472 e. The molecule has 0 fully saturated rings. The SMILES string of the molecule is Cc1nc(N)c(C)c(OCc2cccs2)n1. The lowest BCUT2D eigenvalue weighted by molar-refractivity contribution is 0.294. The third-order valence-electron chi connectivity index (χ3n) is 2.18. The van der Waals surface area contributed by atoms with E-state index in [0.29, 0.717) is 24.1 Å². The second-order valence-corrected chi connectivity index (χ2v) is 4.49. The summed E-state index contributed by atoms with van der Waals surface area (Å²) in [7, 11) is 0. The number of anilines is 1. The first kappa shape index (κ1) is 10.9. The van der Waals surface area contributed by atoms with Crippen molar-refractivity contribution in [1.82, 2.24) is 9.97 Å². The van der Waals surface area contributed by atoms with Gasteiger partial charge in [0.25, 0.3) is 0 Å². The number of nitrogens with zero attached hydrogens (tertiary/aromatic N) is 2. The van der Waals surface area contributed by atoms with Crippen LogP contribution in [0.15, 0.2) is 17.5 Å². The number of nitrogen functional groups attached to an aromatic ring is 1. The topological polar surface area (TPSA) is 61.0 Å². The van der Waals surface area contributed by atoms with Crippen LogP contribution in [0.3, 0.4) is 0 Å². The number of rotatable bonds is 3. The zero-order valence-electron chi connectivity index (χ0n) is 9.23. The van der Waals surface area contributed by atoms with Gasteiger partial charge in [0.2, 0.25) is 5.88 Å². The third-order valence-corrected chi connectivity index (χ3v) is 3.03. The molecule has 0 radical (unpaired) electrons. The summed E-state index contributed by atoms with van der Waals surface area (Å²) in [5.74, 6) is 1.68. The van der Waals surface area contributed by atoms with Crippen molar-refractivity contribution in [2.75, 3.05) is 5.73 Å². The Balaban J connectivity index is 2.15. The normalized spacial score (nSPS) is 10.4. The maximum atomic E-state index is 5.74. The van der Waals surface area contributed by atoms with Gasteiger partial charge in [-0.25, -0.2) is 4.98 Å². The van der Waals surface area contributed by atoms with Crippen molar-refractivity contribution in [2.24, 2.45) is 0 Å². The Morgan fingerprint density at radius 3 is 2.88 bits per heavy atom. The molecule has 84 valence electrons. The summed E-state index contributed by atoms with van der Waals surface area (Å²) in [6.07, 6.45) is 0. The van der Waals surface area contributed by atoms with Crippen molar-refractivity contribution in [2.45, 2.75) is 20.5 Å². The maximum absolute atomic E-state index is 5.74. The van der Waals surface area contributed by atoms with Crippen molar-refractivity contribution in [3.05, 3.63) is 33.8 Å². The summed E-state index contributed by atoms with van der Waals surface area (Å²) in [6.45, 7) is 4.18. The Morgan fingerprint density at radius 1 is 1.38 bits per heavy atom. The molecule has 2 aromatic heterocycles. The van der Waals surface area contributed by atoms with Crippen molar-refractivity contribution >= 4 is 17.2 Å². The summed E-state index contributed by atoms with van der Waals surface area (Å²) in [5.41, 5.74) is 6.54. The van der Waals surface area contributed by atoms with E-state index in [-0.39, 0.29) is 0 Å². The number of hydrogen-bond acceptors (Lipinski definition) is 5. The second-order valence-electron chi connectivity index (χ2n) is 3.45. The van der Waals surface area contributed by atoms with Crippen LogP contribution >= 0.6 is 11.3 Å². The molecule has 0 aromatic carbocycles. The first-order chi connectivity index (χ1) is 7.66. The standard InChI is InChI=1S/C11H13N3OS/c1-7-10(12)13-8(2)14-11(7)15-6-9-4-3-5-16-9/h3-5H,6H2,1-2H3,(H2,12,13,14). The molecule has 0 amide bonds. The molecule has 2 heterocycles. The van der Waals surface area contributed by atoms with E-state index in [9.17, 15) is 0 Å². The van der Waals surface area contributed by atoms with E-state index in [1.807, 2.05) is 24.4 Å². The molecule has 2 N–H and O–H groups in total. The molecule has 4 nitrogen and oxygen atoms in total. The summed E-state index contributed by atoms with van der Waals surface area (Å²) in [4.78, 5) is 9.45. The molecule has 0 saturated heterocycles. The predicted molar refractivity (Wildman–Crippen MR) is 64.6 cm³/mol. The molecule has 5 heteroatoms. The third kappa shape index (κ3) is 2.30. The van der Waals surface area contributed by atoms with Crippen LogP contribution in [-0.2, 0) is 6.61 Å². The van der Waals surface area contributed by atoms with Crippen molar-refractivity contribution < 1.29 is 4.74 Å². The largest absolute Gasteiger partial charge is 0.472 e. The summed E-state index contributed by atoms with van der Waals surface area (Å²) < 4.78 is 5.62. The van der Waals surface area contributed by atoms with Crippen molar-refractivity contribution in [3.63, 3.8) is 0 Å².